The summed E-state index contributed by atoms with van der Waals surface area (Å²) in [7, 11) is -3.09. The molecule has 1 aliphatic rings. The maximum atomic E-state index is 13.0. The molecule has 0 saturated heterocycles. The van der Waals surface area contributed by atoms with Crippen LogP contribution in [0.25, 0.3) is 0 Å². The van der Waals surface area contributed by atoms with Crippen molar-refractivity contribution in [3.63, 3.8) is 0 Å². The van der Waals surface area contributed by atoms with Crippen LogP contribution in [0.3, 0.4) is 0 Å². The maximum absolute atomic E-state index is 13.0. The van der Waals surface area contributed by atoms with E-state index in [1.165, 1.54) is 29.5 Å². The van der Waals surface area contributed by atoms with Crippen molar-refractivity contribution in [2.75, 3.05) is 23.3 Å². The molecule has 1 atom stereocenters. The van der Waals surface area contributed by atoms with Crippen molar-refractivity contribution in [3.05, 3.63) is 53.5 Å². The van der Waals surface area contributed by atoms with Gasteiger partial charge >= 0.3 is 6.18 Å². The number of nitriles is 1. The van der Waals surface area contributed by atoms with Crippen molar-refractivity contribution < 1.29 is 31.1 Å². The number of rotatable bonds is 5. The van der Waals surface area contributed by atoms with Crippen LogP contribution in [0, 0.1) is 11.3 Å². The molecule has 2 aromatic carbocycles. The van der Waals surface area contributed by atoms with Crippen LogP contribution in [0.15, 0.2) is 52.9 Å². The molecular formula is C20H15F3N4O4S2. The first kappa shape index (κ1) is 22.7. The highest BCUT2D eigenvalue weighted by molar-refractivity contribution is 7.92. The lowest BCUT2D eigenvalue weighted by Gasteiger charge is -2.32. The zero-order valence-electron chi connectivity index (χ0n) is 16.8. The number of aromatic nitrogens is 1. The Morgan fingerprint density at radius 1 is 1.30 bits per heavy atom. The number of hydrogen-bond acceptors (Lipinski definition) is 8. The molecule has 1 aromatic heterocycles. The van der Waals surface area contributed by atoms with Crippen molar-refractivity contribution in [3.8, 4) is 17.6 Å². The second kappa shape index (κ2) is 8.45. The minimum Gasteiger partial charge on any atom is -0.495 e. The SMILES string of the molecule is COc1cc(C(F)(F)F)ccc1NS(=O)(=O)c1ccc2c(c1)OC(C#N)CN2c1nccs1. The topological polar surface area (TPSA) is 105 Å². The summed E-state index contributed by atoms with van der Waals surface area (Å²) in [5.41, 5.74) is -0.611. The molecule has 0 spiro atoms. The molecule has 33 heavy (non-hydrogen) atoms. The van der Waals surface area contributed by atoms with Gasteiger partial charge in [0.25, 0.3) is 10.0 Å². The van der Waals surface area contributed by atoms with Crippen LogP contribution in [0.1, 0.15) is 5.56 Å². The first-order valence-corrected chi connectivity index (χ1v) is 11.6. The molecule has 1 N–H and O–H groups in total. The highest BCUT2D eigenvalue weighted by Gasteiger charge is 2.32. The maximum Gasteiger partial charge on any atom is 0.416 e. The quantitative estimate of drug-likeness (QED) is 0.559. The summed E-state index contributed by atoms with van der Waals surface area (Å²) >= 11 is 1.35. The average molecular weight is 496 g/mol. The highest BCUT2D eigenvalue weighted by Crippen LogP contribution is 2.41. The zero-order valence-corrected chi connectivity index (χ0v) is 18.5. The van der Waals surface area contributed by atoms with Gasteiger partial charge in [0, 0.05) is 17.6 Å². The number of benzene rings is 2. The number of ether oxygens (including phenoxy) is 2. The van der Waals surface area contributed by atoms with Crippen LogP contribution in [-0.4, -0.2) is 33.2 Å². The van der Waals surface area contributed by atoms with E-state index in [0.717, 1.165) is 19.2 Å². The number of nitrogens with zero attached hydrogens (tertiary/aromatic N) is 3. The molecule has 4 rings (SSSR count). The van der Waals surface area contributed by atoms with E-state index in [4.69, 9.17) is 9.47 Å². The fourth-order valence-corrected chi connectivity index (χ4v) is 4.94. The fraction of sp³-hybridized carbons (Fsp3) is 0.200. The predicted molar refractivity (Wildman–Crippen MR) is 114 cm³/mol. The van der Waals surface area contributed by atoms with E-state index < -0.39 is 27.9 Å². The van der Waals surface area contributed by atoms with Crippen molar-refractivity contribution in [2.45, 2.75) is 17.2 Å². The Hall–Kier alpha value is -3.50. The second-order valence-electron chi connectivity index (χ2n) is 6.81. The number of hydrogen-bond donors (Lipinski definition) is 1. The largest absolute Gasteiger partial charge is 0.495 e. The van der Waals surface area contributed by atoms with Gasteiger partial charge in [0.05, 0.1) is 35.5 Å². The monoisotopic (exact) mass is 496 g/mol. The Morgan fingerprint density at radius 2 is 2.09 bits per heavy atom. The number of thiazole rings is 1. The summed E-state index contributed by atoms with van der Waals surface area (Å²) in [6.07, 6.45) is -3.86. The van der Waals surface area contributed by atoms with Gasteiger partial charge in [-0.1, -0.05) is 0 Å². The van der Waals surface area contributed by atoms with E-state index >= 15 is 0 Å². The fourth-order valence-electron chi connectivity index (χ4n) is 3.19. The molecule has 0 saturated carbocycles. The molecule has 0 amide bonds. The third kappa shape index (κ3) is 4.53. The highest BCUT2D eigenvalue weighted by atomic mass is 32.2. The van der Waals surface area contributed by atoms with Crippen LogP contribution in [-0.2, 0) is 16.2 Å². The Labute approximate surface area is 190 Å². The van der Waals surface area contributed by atoms with E-state index in [1.807, 2.05) is 6.07 Å². The van der Waals surface area contributed by atoms with Crippen LogP contribution in [0.2, 0.25) is 0 Å². The standard InChI is InChI=1S/C20H15F3N4O4S2/c1-30-17-8-12(20(21,22)23)2-4-15(17)26-33(28,29)14-3-5-16-18(9-14)31-13(10-24)11-27(16)19-25-6-7-32-19/h2-9,13,26H,11H2,1H3. The van der Waals surface area contributed by atoms with Crippen molar-refractivity contribution in [2.24, 2.45) is 0 Å². The third-order valence-corrected chi connectivity index (χ3v) is 6.87. The number of anilines is 3. The molecule has 0 fully saturated rings. The minimum absolute atomic E-state index is 0.158. The molecule has 1 unspecified atom stereocenters. The van der Waals surface area contributed by atoms with E-state index in [0.29, 0.717) is 16.9 Å². The van der Waals surface area contributed by atoms with Gasteiger partial charge in [0.2, 0.25) is 6.10 Å². The first-order chi connectivity index (χ1) is 15.6. The Bertz CT molecular complexity index is 1320. The van der Waals surface area contributed by atoms with Gasteiger partial charge in [-0.2, -0.15) is 18.4 Å². The van der Waals surface area contributed by atoms with E-state index in [-0.39, 0.29) is 28.6 Å². The van der Waals surface area contributed by atoms with Crippen LogP contribution in [0.4, 0.5) is 29.7 Å². The normalized spacial score (nSPS) is 15.8. The van der Waals surface area contributed by atoms with Crippen molar-refractivity contribution in [1.82, 2.24) is 4.98 Å². The lowest BCUT2D eigenvalue weighted by Crippen LogP contribution is -2.36. The van der Waals surface area contributed by atoms with Crippen molar-refractivity contribution in [1.29, 1.82) is 5.26 Å². The number of sulfonamides is 1. The summed E-state index contributed by atoms with van der Waals surface area (Å²) in [5, 5.41) is 11.7. The van der Waals surface area contributed by atoms with Gasteiger partial charge in [0.1, 0.15) is 17.6 Å². The summed E-state index contributed by atoms with van der Waals surface area (Å²) in [5.74, 6) is -0.132. The molecule has 8 nitrogen and oxygen atoms in total. The average Bonchev–Trinajstić information content (AvgIpc) is 3.32. The summed E-state index contributed by atoms with van der Waals surface area (Å²) in [6, 6.07) is 8.53. The Kier molecular flexibility index (Phi) is 5.81. The van der Waals surface area contributed by atoms with Crippen LogP contribution < -0.4 is 19.1 Å². The van der Waals surface area contributed by atoms with Gasteiger partial charge < -0.3 is 14.4 Å². The van der Waals surface area contributed by atoms with Gasteiger partial charge in [-0.3, -0.25) is 4.72 Å². The summed E-state index contributed by atoms with van der Waals surface area (Å²) < 4.78 is 77.6. The molecule has 172 valence electrons. The summed E-state index contributed by atoms with van der Waals surface area (Å²) in [4.78, 5) is 5.78. The first-order valence-electron chi connectivity index (χ1n) is 9.28. The molecule has 13 heteroatoms. The Balaban J connectivity index is 1.68. The smallest absolute Gasteiger partial charge is 0.416 e. The van der Waals surface area contributed by atoms with Crippen LogP contribution >= 0.6 is 11.3 Å². The lowest BCUT2D eigenvalue weighted by atomic mass is 10.2. The Morgan fingerprint density at radius 3 is 2.73 bits per heavy atom. The zero-order chi connectivity index (χ0) is 23.8. The third-order valence-electron chi connectivity index (χ3n) is 4.72. The molecule has 0 radical (unpaired) electrons. The van der Waals surface area contributed by atoms with E-state index in [2.05, 4.69) is 9.71 Å². The summed E-state index contributed by atoms with van der Waals surface area (Å²) in [6.45, 7) is 0.212. The molecular weight excluding hydrogens is 481 g/mol. The number of alkyl halides is 3. The number of methoxy groups -OCH3 is 1. The number of nitrogens with one attached hydrogen (secondary N) is 1. The molecule has 2 heterocycles. The van der Waals surface area contributed by atoms with Crippen molar-refractivity contribution >= 4 is 37.9 Å². The van der Waals surface area contributed by atoms with Crippen LogP contribution in [0.5, 0.6) is 11.5 Å². The number of fused-ring (bicyclic) bond motifs is 1. The van der Waals surface area contributed by atoms with Gasteiger partial charge in [0.15, 0.2) is 5.13 Å². The van der Waals surface area contributed by atoms with Gasteiger partial charge in [-0.05, 0) is 30.3 Å². The van der Waals surface area contributed by atoms with E-state index in [9.17, 15) is 26.9 Å². The second-order valence-corrected chi connectivity index (χ2v) is 9.36. The molecule has 1 aliphatic heterocycles. The van der Waals surface area contributed by atoms with Gasteiger partial charge in [-0.25, -0.2) is 13.4 Å². The predicted octanol–water partition coefficient (Wildman–Crippen LogP) is 4.39. The van der Waals surface area contributed by atoms with Gasteiger partial charge in [-0.15, -0.1) is 11.3 Å². The molecule has 0 bridgehead atoms. The van der Waals surface area contributed by atoms with E-state index in [1.54, 1.807) is 16.5 Å². The number of halogens is 3. The molecule has 3 aromatic rings. The molecule has 0 aliphatic carbocycles. The lowest BCUT2D eigenvalue weighted by molar-refractivity contribution is -0.137. The minimum atomic E-state index is -4.61.